The summed E-state index contributed by atoms with van der Waals surface area (Å²) in [5.74, 6) is -1.05. The summed E-state index contributed by atoms with van der Waals surface area (Å²) in [5, 5.41) is 3.15. The van der Waals surface area contributed by atoms with Crippen LogP contribution in [0.1, 0.15) is 13.3 Å². The molecule has 0 heterocycles. The molecule has 4 nitrogen and oxygen atoms in total. The third-order valence-corrected chi connectivity index (χ3v) is 4.08. The first kappa shape index (κ1) is 18.2. The van der Waals surface area contributed by atoms with Gasteiger partial charge in [-0.3, -0.25) is 9.59 Å². The normalized spacial score (nSPS) is 10.3. The number of carbonyl (C=O) groups is 2. The third kappa shape index (κ3) is 4.69. The highest BCUT2D eigenvalue weighted by Crippen LogP contribution is 2.32. The second-order valence-corrected chi connectivity index (χ2v) is 5.84. The number of halogens is 3. The number of nitrogens with one attached hydrogen (secondary N) is 1. The third-order valence-electron chi connectivity index (χ3n) is 3.27. The largest absolute Gasteiger partial charge is 0.326 e. The van der Waals surface area contributed by atoms with Crippen LogP contribution < -0.4 is 10.2 Å². The Kier molecular flexibility index (Phi) is 6.17. The Morgan fingerprint density at radius 1 is 1.17 bits per heavy atom. The number of amides is 2. The first-order valence-electron chi connectivity index (χ1n) is 7.16. The lowest BCUT2D eigenvalue weighted by atomic mass is 10.2. The number of carbonyl (C=O) groups excluding carboxylic acids is 2. The molecule has 24 heavy (non-hydrogen) atoms. The second-order valence-electron chi connectivity index (χ2n) is 5.05. The summed E-state index contributed by atoms with van der Waals surface area (Å²) < 4.78 is 13.1. The Morgan fingerprint density at radius 2 is 1.88 bits per heavy atom. The zero-order chi connectivity index (χ0) is 17.7. The molecule has 0 aromatic heterocycles. The second kappa shape index (κ2) is 8.13. The Hall–Kier alpha value is -2.11. The number of nitrogens with zero attached hydrogens (tertiary/aromatic N) is 1. The molecule has 0 fully saturated rings. The highest BCUT2D eigenvalue weighted by atomic mass is 35.5. The highest BCUT2D eigenvalue weighted by Gasteiger charge is 2.17. The van der Waals surface area contributed by atoms with Crippen LogP contribution >= 0.6 is 23.2 Å². The van der Waals surface area contributed by atoms with Gasteiger partial charge < -0.3 is 10.2 Å². The first-order chi connectivity index (χ1) is 11.4. The lowest BCUT2D eigenvalue weighted by Crippen LogP contribution is -2.32. The molecule has 0 bridgehead atoms. The molecule has 0 saturated heterocycles. The summed E-state index contributed by atoms with van der Waals surface area (Å²) in [6.45, 7) is 1.50. The lowest BCUT2D eigenvalue weighted by molar-refractivity contribution is -0.117. The van der Waals surface area contributed by atoms with Crippen molar-refractivity contribution in [2.45, 2.75) is 13.3 Å². The molecule has 2 aromatic carbocycles. The molecular weight excluding hydrogens is 354 g/mol. The SMILES string of the molecule is CC(=O)N(CCC(=O)Nc1cccc(F)c1)c1cccc(Cl)c1Cl. The fourth-order valence-electron chi connectivity index (χ4n) is 2.15. The van der Waals surface area contributed by atoms with E-state index in [1.54, 1.807) is 24.3 Å². The fourth-order valence-corrected chi connectivity index (χ4v) is 2.55. The van der Waals surface area contributed by atoms with Gasteiger partial charge in [0.05, 0.1) is 15.7 Å². The van der Waals surface area contributed by atoms with E-state index in [2.05, 4.69) is 5.32 Å². The van der Waals surface area contributed by atoms with Crippen LogP contribution in [0.3, 0.4) is 0 Å². The van der Waals surface area contributed by atoms with Gasteiger partial charge in [0.2, 0.25) is 11.8 Å². The van der Waals surface area contributed by atoms with Crippen LogP contribution in [-0.2, 0) is 9.59 Å². The summed E-state index contributed by atoms with van der Waals surface area (Å²) in [7, 11) is 0. The number of hydrogen-bond donors (Lipinski definition) is 1. The van der Waals surface area contributed by atoms with Gasteiger partial charge in [-0.15, -0.1) is 0 Å². The van der Waals surface area contributed by atoms with Crippen LogP contribution in [0.4, 0.5) is 15.8 Å². The highest BCUT2D eigenvalue weighted by molar-refractivity contribution is 6.44. The molecule has 126 valence electrons. The number of anilines is 2. The van der Waals surface area contributed by atoms with Crippen molar-refractivity contribution in [2.75, 3.05) is 16.8 Å². The van der Waals surface area contributed by atoms with Gasteiger partial charge >= 0.3 is 0 Å². The van der Waals surface area contributed by atoms with Crippen molar-refractivity contribution < 1.29 is 14.0 Å². The predicted molar refractivity (Wildman–Crippen MR) is 94.1 cm³/mol. The van der Waals surface area contributed by atoms with Gasteiger partial charge in [-0.25, -0.2) is 4.39 Å². The Morgan fingerprint density at radius 3 is 2.54 bits per heavy atom. The number of benzene rings is 2. The standard InChI is InChI=1S/C17H15Cl2FN2O2/c1-11(23)22(15-7-3-6-14(18)17(15)19)9-8-16(24)21-13-5-2-4-12(20)10-13/h2-7,10H,8-9H2,1H3,(H,21,24). The number of rotatable bonds is 5. The minimum atomic E-state index is -0.441. The number of hydrogen-bond acceptors (Lipinski definition) is 2. The molecule has 2 aromatic rings. The smallest absolute Gasteiger partial charge is 0.226 e. The zero-order valence-corrected chi connectivity index (χ0v) is 14.4. The summed E-state index contributed by atoms with van der Waals surface area (Å²) >= 11 is 12.1. The van der Waals surface area contributed by atoms with Crippen molar-refractivity contribution in [2.24, 2.45) is 0 Å². The van der Waals surface area contributed by atoms with Gasteiger partial charge in [0, 0.05) is 25.6 Å². The molecule has 0 aliphatic rings. The van der Waals surface area contributed by atoms with E-state index in [0.29, 0.717) is 16.4 Å². The first-order valence-corrected chi connectivity index (χ1v) is 7.91. The molecule has 0 radical (unpaired) electrons. The van der Waals surface area contributed by atoms with Gasteiger partial charge in [-0.1, -0.05) is 35.3 Å². The van der Waals surface area contributed by atoms with Gasteiger partial charge in [0.1, 0.15) is 5.82 Å². The zero-order valence-electron chi connectivity index (χ0n) is 12.9. The van der Waals surface area contributed by atoms with Crippen LogP contribution in [-0.4, -0.2) is 18.4 Å². The van der Waals surface area contributed by atoms with Gasteiger partial charge in [-0.2, -0.15) is 0 Å². The van der Waals surface area contributed by atoms with Crippen molar-refractivity contribution in [3.63, 3.8) is 0 Å². The van der Waals surface area contributed by atoms with E-state index in [1.165, 1.54) is 30.0 Å². The average Bonchev–Trinajstić information content (AvgIpc) is 2.51. The Bertz CT molecular complexity index is 768. The minimum Gasteiger partial charge on any atom is -0.326 e. The van der Waals surface area contributed by atoms with Crippen molar-refractivity contribution in [3.8, 4) is 0 Å². The molecule has 0 aliphatic heterocycles. The maximum absolute atomic E-state index is 13.1. The topological polar surface area (TPSA) is 49.4 Å². The Labute approximate surface area is 149 Å². The summed E-state index contributed by atoms with van der Waals surface area (Å²) in [4.78, 5) is 25.2. The summed E-state index contributed by atoms with van der Waals surface area (Å²) in [6.07, 6.45) is 0.0267. The molecule has 0 spiro atoms. The predicted octanol–water partition coefficient (Wildman–Crippen LogP) is 4.51. The molecule has 0 aliphatic carbocycles. The van der Waals surface area contributed by atoms with Gasteiger partial charge in [0.15, 0.2) is 0 Å². The molecule has 0 saturated carbocycles. The van der Waals surface area contributed by atoms with Crippen LogP contribution in [0.2, 0.25) is 10.0 Å². The quantitative estimate of drug-likeness (QED) is 0.843. The molecular formula is C17H15Cl2FN2O2. The lowest BCUT2D eigenvalue weighted by Gasteiger charge is -2.22. The molecule has 0 atom stereocenters. The summed E-state index contributed by atoms with van der Waals surface area (Å²) in [5.41, 5.74) is 0.797. The van der Waals surface area contributed by atoms with Crippen LogP contribution in [0, 0.1) is 5.82 Å². The fraction of sp³-hybridized carbons (Fsp3) is 0.176. The van der Waals surface area contributed by atoms with E-state index < -0.39 is 5.82 Å². The molecule has 2 amide bonds. The average molecular weight is 369 g/mol. The molecule has 7 heteroatoms. The van der Waals surface area contributed by atoms with E-state index in [4.69, 9.17) is 23.2 Å². The van der Waals surface area contributed by atoms with E-state index in [0.717, 1.165) is 0 Å². The molecule has 0 unspecified atom stereocenters. The molecule has 2 rings (SSSR count). The summed E-state index contributed by atoms with van der Waals surface area (Å²) in [6, 6.07) is 10.5. The van der Waals surface area contributed by atoms with E-state index >= 15 is 0 Å². The van der Waals surface area contributed by atoms with Crippen LogP contribution in [0.15, 0.2) is 42.5 Å². The minimum absolute atomic E-state index is 0.0267. The van der Waals surface area contributed by atoms with Crippen LogP contribution in [0.25, 0.3) is 0 Å². The monoisotopic (exact) mass is 368 g/mol. The van der Waals surface area contributed by atoms with E-state index in [-0.39, 0.29) is 29.8 Å². The maximum Gasteiger partial charge on any atom is 0.226 e. The van der Waals surface area contributed by atoms with Crippen molar-refractivity contribution in [1.82, 2.24) is 0 Å². The molecule has 1 N–H and O–H groups in total. The maximum atomic E-state index is 13.1. The van der Waals surface area contributed by atoms with Gasteiger partial charge in [0.25, 0.3) is 0 Å². The van der Waals surface area contributed by atoms with E-state index in [1.807, 2.05) is 0 Å². The van der Waals surface area contributed by atoms with Crippen molar-refractivity contribution >= 4 is 46.4 Å². The van der Waals surface area contributed by atoms with Crippen molar-refractivity contribution in [1.29, 1.82) is 0 Å². The van der Waals surface area contributed by atoms with E-state index in [9.17, 15) is 14.0 Å². The van der Waals surface area contributed by atoms with Gasteiger partial charge in [-0.05, 0) is 30.3 Å². The Balaban J connectivity index is 2.05. The van der Waals surface area contributed by atoms with Crippen LogP contribution in [0.5, 0.6) is 0 Å². The van der Waals surface area contributed by atoms with Crippen molar-refractivity contribution in [3.05, 3.63) is 58.3 Å².